The van der Waals surface area contributed by atoms with Crippen molar-refractivity contribution in [3.63, 3.8) is 0 Å². The van der Waals surface area contributed by atoms with Crippen LogP contribution in [0.3, 0.4) is 0 Å². The van der Waals surface area contributed by atoms with Crippen molar-refractivity contribution < 1.29 is 4.39 Å². The molecule has 1 aromatic heterocycles. The number of nitrogens with one attached hydrogen (secondary N) is 1. The molecule has 0 radical (unpaired) electrons. The second kappa shape index (κ2) is 5.95. The average molecular weight is 294 g/mol. The molecule has 0 spiro atoms. The summed E-state index contributed by atoms with van der Waals surface area (Å²) < 4.78 is 17.0. The van der Waals surface area contributed by atoms with E-state index in [1.165, 1.54) is 23.7 Å². The maximum Gasteiger partial charge on any atom is 0.123 e. The SMILES string of the molecule is CC(C)(C)c1nnsc1C(Cc1ccc(F)cc1)NN. The molecule has 3 N–H and O–H groups in total. The third kappa shape index (κ3) is 3.39. The Labute approximate surface area is 122 Å². The van der Waals surface area contributed by atoms with E-state index in [0.717, 1.165) is 16.1 Å². The molecule has 0 fully saturated rings. The topological polar surface area (TPSA) is 63.8 Å². The molecule has 108 valence electrons. The van der Waals surface area contributed by atoms with E-state index in [2.05, 4.69) is 35.8 Å². The van der Waals surface area contributed by atoms with E-state index >= 15 is 0 Å². The summed E-state index contributed by atoms with van der Waals surface area (Å²) in [5.74, 6) is 5.45. The number of nitrogens with two attached hydrogens (primary N) is 1. The van der Waals surface area contributed by atoms with Crippen LogP contribution in [0.1, 0.15) is 42.9 Å². The molecule has 0 aliphatic heterocycles. The van der Waals surface area contributed by atoms with Gasteiger partial charge >= 0.3 is 0 Å². The molecule has 1 unspecified atom stereocenters. The molecule has 20 heavy (non-hydrogen) atoms. The molecule has 1 atom stereocenters. The summed E-state index contributed by atoms with van der Waals surface area (Å²) >= 11 is 1.35. The molecular weight excluding hydrogens is 275 g/mol. The van der Waals surface area contributed by atoms with Crippen LogP contribution in [0.5, 0.6) is 0 Å². The number of rotatable bonds is 4. The van der Waals surface area contributed by atoms with Crippen LogP contribution in [-0.2, 0) is 11.8 Å². The predicted molar refractivity (Wildman–Crippen MR) is 78.8 cm³/mol. The molecule has 6 heteroatoms. The maximum atomic E-state index is 12.9. The zero-order chi connectivity index (χ0) is 14.8. The van der Waals surface area contributed by atoms with Gasteiger partial charge in [-0.05, 0) is 35.6 Å². The van der Waals surface area contributed by atoms with E-state index in [0.29, 0.717) is 6.42 Å². The highest BCUT2D eigenvalue weighted by atomic mass is 32.1. The molecular formula is C14H19FN4S. The second-order valence-electron chi connectivity index (χ2n) is 5.79. The van der Waals surface area contributed by atoms with Crippen LogP contribution in [0.15, 0.2) is 24.3 Å². The third-order valence-electron chi connectivity index (χ3n) is 3.09. The Morgan fingerprint density at radius 1 is 1.30 bits per heavy atom. The summed E-state index contributed by atoms with van der Waals surface area (Å²) in [6, 6.07) is 6.38. The minimum Gasteiger partial charge on any atom is -0.271 e. The standard InChI is InChI=1S/C14H19FN4S/c1-14(2,3)13-12(20-19-18-13)11(17-16)8-9-4-6-10(15)7-5-9/h4-7,11,17H,8,16H2,1-3H3. The number of nitrogens with zero attached hydrogens (tertiary/aromatic N) is 2. The van der Waals surface area contributed by atoms with Crippen molar-refractivity contribution in [1.29, 1.82) is 0 Å². The van der Waals surface area contributed by atoms with E-state index in [4.69, 9.17) is 5.84 Å². The van der Waals surface area contributed by atoms with E-state index in [1.807, 2.05) is 0 Å². The van der Waals surface area contributed by atoms with Crippen LogP contribution in [0.25, 0.3) is 0 Å². The minimum atomic E-state index is -0.235. The summed E-state index contributed by atoms with van der Waals surface area (Å²) in [7, 11) is 0. The van der Waals surface area contributed by atoms with Crippen molar-refractivity contribution in [3.05, 3.63) is 46.2 Å². The first-order valence-electron chi connectivity index (χ1n) is 6.45. The Morgan fingerprint density at radius 2 is 1.95 bits per heavy atom. The van der Waals surface area contributed by atoms with Crippen molar-refractivity contribution in [2.24, 2.45) is 5.84 Å². The van der Waals surface area contributed by atoms with Gasteiger partial charge in [-0.1, -0.05) is 37.4 Å². The average Bonchev–Trinajstić information content (AvgIpc) is 2.87. The Bertz CT molecular complexity index is 559. The fourth-order valence-corrected chi connectivity index (χ4v) is 2.95. The molecule has 0 aliphatic rings. The van der Waals surface area contributed by atoms with Crippen molar-refractivity contribution in [2.45, 2.75) is 38.6 Å². The normalized spacial score (nSPS) is 13.4. The van der Waals surface area contributed by atoms with Gasteiger partial charge < -0.3 is 0 Å². The quantitative estimate of drug-likeness (QED) is 0.672. The van der Waals surface area contributed by atoms with Crippen LogP contribution < -0.4 is 11.3 Å². The van der Waals surface area contributed by atoms with Crippen LogP contribution in [-0.4, -0.2) is 9.59 Å². The van der Waals surface area contributed by atoms with Gasteiger partial charge in [0.05, 0.1) is 16.6 Å². The molecule has 4 nitrogen and oxygen atoms in total. The van der Waals surface area contributed by atoms with E-state index in [-0.39, 0.29) is 17.3 Å². The molecule has 2 aromatic rings. The van der Waals surface area contributed by atoms with Gasteiger partial charge in [-0.15, -0.1) is 5.10 Å². The highest BCUT2D eigenvalue weighted by Gasteiger charge is 2.26. The number of hydrogen-bond acceptors (Lipinski definition) is 5. The van der Waals surface area contributed by atoms with E-state index in [1.54, 1.807) is 12.1 Å². The fraction of sp³-hybridized carbons (Fsp3) is 0.429. The van der Waals surface area contributed by atoms with Gasteiger partial charge in [0.15, 0.2) is 0 Å². The molecule has 1 heterocycles. The van der Waals surface area contributed by atoms with Crippen LogP contribution in [0.2, 0.25) is 0 Å². The number of benzene rings is 1. The Kier molecular flexibility index (Phi) is 4.47. The van der Waals surface area contributed by atoms with Gasteiger partial charge in [0.1, 0.15) is 5.82 Å². The Balaban J connectivity index is 2.25. The first kappa shape index (κ1) is 15.0. The lowest BCUT2D eigenvalue weighted by Gasteiger charge is -2.21. The summed E-state index contributed by atoms with van der Waals surface area (Å²) in [6.07, 6.45) is 0.670. The van der Waals surface area contributed by atoms with Gasteiger partial charge in [0.25, 0.3) is 0 Å². The molecule has 0 aliphatic carbocycles. The van der Waals surface area contributed by atoms with Crippen LogP contribution in [0, 0.1) is 5.82 Å². The van der Waals surface area contributed by atoms with E-state index < -0.39 is 0 Å². The first-order valence-corrected chi connectivity index (χ1v) is 7.22. The zero-order valence-electron chi connectivity index (χ0n) is 11.9. The minimum absolute atomic E-state index is 0.0744. The molecule has 0 saturated heterocycles. The molecule has 0 bridgehead atoms. The summed E-state index contributed by atoms with van der Waals surface area (Å²) in [4.78, 5) is 1.03. The number of halogens is 1. The molecule has 0 amide bonds. The summed E-state index contributed by atoms with van der Waals surface area (Å²) in [6.45, 7) is 6.29. The van der Waals surface area contributed by atoms with Crippen LogP contribution >= 0.6 is 11.5 Å². The van der Waals surface area contributed by atoms with Gasteiger partial charge in [0, 0.05) is 5.41 Å². The summed E-state index contributed by atoms with van der Waals surface area (Å²) in [5, 5.41) is 4.23. The first-order chi connectivity index (χ1) is 9.41. The van der Waals surface area contributed by atoms with Crippen molar-refractivity contribution >= 4 is 11.5 Å². The zero-order valence-corrected chi connectivity index (χ0v) is 12.7. The monoisotopic (exact) mass is 294 g/mol. The Hall–Kier alpha value is -1.37. The second-order valence-corrected chi connectivity index (χ2v) is 6.57. The number of hydrogen-bond donors (Lipinski definition) is 2. The van der Waals surface area contributed by atoms with Gasteiger partial charge in [-0.2, -0.15) is 0 Å². The highest BCUT2D eigenvalue weighted by Crippen LogP contribution is 2.31. The molecule has 0 saturated carbocycles. The predicted octanol–water partition coefficient (Wildman–Crippen LogP) is 2.72. The molecule has 1 aromatic carbocycles. The van der Waals surface area contributed by atoms with Crippen molar-refractivity contribution in [2.75, 3.05) is 0 Å². The Morgan fingerprint density at radius 3 is 2.50 bits per heavy atom. The highest BCUT2D eigenvalue weighted by molar-refractivity contribution is 7.05. The van der Waals surface area contributed by atoms with E-state index in [9.17, 15) is 4.39 Å². The van der Waals surface area contributed by atoms with Gasteiger partial charge in [-0.3, -0.25) is 11.3 Å². The van der Waals surface area contributed by atoms with Crippen molar-refractivity contribution in [1.82, 2.24) is 15.0 Å². The fourth-order valence-electron chi connectivity index (χ4n) is 2.03. The number of hydrazine groups is 1. The van der Waals surface area contributed by atoms with Crippen molar-refractivity contribution in [3.8, 4) is 0 Å². The third-order valence-corrected chi connectivity index (χ3v) is 3.93. The smallest absolute Gasteiger partial charge is 0.123 e. The number of aromatic nitrogens is 2. The molecule has 2 rings (SSSR count). The van der Waals surface area contributed by atoms with Crippen LogP contribution in [0.4, 0.5) is 4.39 Å². The summed E-state index contributed by atoms with van der Waals surface area (Å²) in [5.41, 5.74) is 4.70. The van der Waals surface area contributed by atoms with Gasteiger partial charge in [-0.25, -0.2) is 4.39 Å². The van der Waals surface area contributed by atoms with Gasteiger partial charge in [0.2, 0.25) is 0 Å². The maximum absolute atomic E-state index is 12.9. The largest absolute Gasteiger partial charge is 0.271 e. The lowest BCUT2D eigenvalue weighted by Crippen LogP contribution is -2.31. The lowest BCUT2D eigenvalue weighted by atomic mass is 9.89. The lowest BCUT2D eigenvalue weighted by molar-refractivity contribution is 0.515.